The highest BCUT2D eigenvalue weighted by atomic mass is 16.7. The molecule has 84 valence electrons. The Kier molecular flexibility index (Phi) is 4.52. The van der Waals surface area contributed by atoms with E-state index >= 15 is 0 Å². The van der Waals surface area contributed by atoms with Gasteiger partial charge in [0.15, 0.2) is 0 Å². The van der Waals surface area contributed by atoms with Crippen LogP contribution in [-0.2, 0) is 9.63 Å². The zero-order chi connectivity index (χ0) is 11.3. The molecule has 0 spiro atoms. The van der Waals surface area contributed by atoms with E-state index in [1.54, 1.807) is 6.08 Å². The molecule has 1 heterocycles. The summed E-state index contributed by atoms with van der Waals surface area (Å²) in [5.41, 5.74) is 1.17. The van der Waals surface area contributed by atoms with Gasteiger partial charge in [0, 0.05) is 13.1 Å². The van der Waals surface area contributed by atoms with Crippen LogP contribution < -0.4 is 0 Å². The van der Waals surface area contributed by atoms with Crippen LogP contribution in [0.5, 0.6) is 0 Å². The first-order chi connectivity index (χ1) is 7.19. The van der Waals surface area contributed by atoms with Gasteiger partial charge in [-0.15, -0.1) is 6.58 Å². The Morgan fingerprint density at radius 3 is 3.13 bits per heavy atom. The molecule has 0 aromatic carbocycles. The molecule has 0 aromatic rings. The number of hydroxylamine groups is 2. The van der Waals surface area contributed by atoms with E-state index in [4.69, 9.17) is 4.84 Å². The summed E-state index contributed by atoms with van der Waals surface area (Å²) in [4.78, 5) is 18.3. The molecule has 0 aliphatic carbocycles. The number of carbonyl (C=O) groups excluding carboxylic acids is 1. The second-order valence-electron chi connectivity index (χ2n) is 3.73. The third-order valence-electron chi connectivity index (χ3n) is 2.49. The van der Waals surface area contributed by atoms with Gasteiger partial charge in [0.1, 0.15) is 0 Å². The van der Waals surface area contributed by atoms with Crippen LogP contribution >= 0.6 is 0 Å². The van der Waals surface area contributed by atoms with Crippen molar-refractivity contribution in [1.82, 2.24) is 9.96 Å². The predicted octanol–water partition coefficient (Wildman–Crippen LogP) is 0.823. The highest BCUT2D eigenvalue weighted by molar-refractivity contribution is 5.47. The predicted molar refractivity (Wildman–Crippen MR) is 59.1 cm³/mol. The molecule has 0 aromatic heterocycles. The van der Waals surface area contributed by atoms with Gasteiger partial charge in [-0.1, -0.05) is 12.2 Å². The number of likely N-dealkylation sites (N-methyl/N-ethyl adjacent to an activating group) is 1. The molecule has 1 amide bonds. The second kappa shape index (κ2) is 5.68. The summed E-state index contributed by atoms with van der Waals surface area (Å²) in [6, 6.07) is 0.0150. The molecule has 1 aliphatic heterocycles. The minimum atomic E-state index is 0.0150. The SMILES string of the molecule is C=CCON(C=O)[C@H]1CN(C)CC=C1C. The van der Waals surface area contributed by atoms with Crippen molar-refractivity contribution in [2.45, 2.75) is 13.0 Å². The molecular formula is C11H18N2O2. The van der Waals surface area contributed by atoms with Crippen LogP contribution in [0.1, 0.15) is 6.92 Å². The molecule has 0 N–H and O–H groups in total. The number of carbonyl (C=O) groups is 1. The summed E-state index contributed by atoms with van der Waals surface area (Å²) in [5, 5.41) is 1.36. The fourth-order valence-electron chi connectivity index (χ4n) is 1.56. The summed E-state index contributed by atoms with van der Waals surface area (Å²) in [6.45, 7) is 7.66. The van der Waals surface area contributed by atoms with Gasteiger partial charge in [0.05, 0.1) is 12.6 Å². The van der Waals surface area contributed by atoms with Crippen molar-refractivity contribution in [3.05, 3.63) is 24.3 Å². The van der Waals surface area contributed by atoms with Crippen LogP contribution in [0.4, 0.5) is 0 Å². The lowest BCUT2D eigenvalue weighted by atomic mass is 10.0. The van der Waals surface area contributed by atoms with E-state index in [0.717, 1.165) is 19.5 Å². The van der Waals surface area contributed by atoms with E-state index in [1.165, 1.54) is 10.6 Å². The molecule has 1 aliphatic rings. The Labute approximate surface area is 90.8 Å². The fourth-order valence-corrected chi connectivity index (χ4v) is 1.56. The minimum Gasteiger partial charge on any atom is -0.300 e. The smallest absolute Gasteiger partial charge is 0.233 e. The Morgan fingerprint density at radius 2 is 2.53 bits per heavy atom. The van der Waals surface area contributed by atoms with Crippen LogP contribution in [-0.4, -0.2) is 49.2 Å². The quantitative estimate of drug-likeness (QED) is 0.383. The first-order valence-electron chi connectivity index (χ1n) is 5.01. The van der Waals surface area contributed by atoms with Gasteiger partial charge in [-0.05, 0) is 19.5 Å². The van der Waals surface area contributed by atoms with Crippen molar-refractivity contribution < 1.29 is 9.63 Å². The maximum atomic E-state index is 10.9. The van der Waals surface area contributed by atoms with Crippen molar-refractivity contribution >= 4 is 6.41 Å². The summed E-state index contributed by atoms with van der Waals surface area (Å²) in [5.74, 6) is 0. The van der Waals surface area contributed by atoms with Gasteiger partial charge >= 0.3 is 0 Å². The molecule has 15 heavy (non-hydrogen) atoms. The van der Waals surface area contributed by atoms with Gasteiger partial charge in [-0.2, -0.15) is 0 Å². The van der Waals surface area contributed by atoms with Crippen LogP contribution in [0.2, 0.25) is 0 Å². The average molecular weight is 210 g/mol. The number of hydrogen-bond acceptors (Lipinski definition) is 3. The lowest BCUT2D eigenvalue weighted by Gasteiger charge is -2.34. The summed E-state index contributed by atoms with van der Waals surface area (Å²) < 4.78 is 0. The molecule has 1 rings (SSSR count). The summed E-state index contributed by atoms with van der Waals surface area (Å²) in [6.07, 6.45) is 4.47. The van der Waals surface area contributed by atoms with E-state index in [9.17, 15) is 4.79 Å². The molecule has 0 radical (unpaired) electrons. The number of hydrogen-bond donors (Lipinski definition) is 0. The van der Waals surface area contributed by atoms with Crippen molar-refractivity contribution in [2.24, 2.45) is 0 Å². The average Bonchev–Trinajstić information content (AvgIpc) is 2.24. The van der Waals surface area contributed by atoms with E-state index in [1.807, 2.05) is 14.0 Å². The van der Waals surface area contributed by atoms with E-state index in [0.29, 0.717) is 6.61 Å². The van der Waals surface area contributed by atoms with E-state index in [-0.39, 0.29) is 6.04 Å². The third kappa shape index (κ3) is 3.18. The Bertz CT molecular complexity index is 263. The first kappa shape index (κ1) is 11.9. The molecular weight excluding hydrogens is 192 g/mol. The van der Waals surface area contributed by atoms with Crippen LogP contribution in [0, 0.1) is 0 Å². The maximum Gasteiger partial charge on any atom is 0.233 e. The molecule has 0 saturated carbocycles. The van der Waals surface area contributed by atoms with Crippen LogP contribution in [0.25, 0.3) is 0 Å². The molecule has 0 saturated heterocycles. The van der Waals surface area contributed by atoms with Crippen molar-refractivity contribution in [2.75, 3.05) is 26.7 Å². The van der Waals surface area contributed by atoms with Crippen LogP contribution in [0.3, 0.4) is 0 Å². The van der Waals surface area contributed by atoms with Gasteiger partial charge in [0.25, 0.3) is 0 Å². The highest BCUT2D eigenvalue weighted by Gasteiger charge is 2.24. The van der Waals surface area contributed by atoms with Crippen molar-refractivity contribution in [3.8, 4) is 0 Å². The lowest BCUT2D eigenvalue weighted by molar-refractivity contribution is -0.179. The first-order valence-corrected chi connectivity index (χ1v) is 5.01. The van der Waals surface area contributed by atoms with Crippen LogP contribution in [0.15, 0.2) is 24.3 Å². The Morgan fingerprint density at radius 1 is 1.80 bits per heavy atom. The third-order valence-corrected chi connectivity index (χ3v) is 2.49. The maximum absolute atomic E-state index is 10.9. The molecule has 4 heteroatoms. The van der Waals surface area contributed by atoms with Crippen molar-refractivity contribution in [3.63, 3.8) is 0 Å². The van der Waals surface area contributed by atoms with E-state index in [2.05, 4.69) is 17.6 Å². The monoisotopic (exact) mass is 210 g/mol. The topological polar surface area (TPSA) is 32.8 Å². The largest absolute Gasteiger partial charge is 0.300 e. The fraction of sp³-hybridized carbons (Fsp3) is 0.545. The molecule has 0 unspecified atom stereocenters. The molecule has 0 fully saturated rings. The number of nitrogens with zero attached hydrogens (tertiary/aromatic N) is 2. The summed E-state index contributed by atoms with van der Waals surface area (Å²) in [7, 11) is 2.02. The standard InChI is InChI=1S/C11H18N2O2/c1-4-7-15-13(9-14)11-8-12(3)6-5-10(11)2/h4-5,9,11H,1,6-8H2,2-3H3/t11-/m0/s1. The molecule has 1 atom stereocenters. The molecule has 0 bridgehead atoms. The molecule has 4 nitrogen and oxygen atoms in total. The Balaban J connectivity index is 2.65. The zero-order valence-electron chi connectivity index (χ0n) is 9.35. The van der Waals surface area contributed by atoms with Gasteiger partial charge in [-0.25, -0.2) is 5.06 Å². The lowest BCUT2D eigenvalue weighted by Crippen LogP contribution is -2.45. The Hall–Kier alpha value is -1.13. The van der Waals surface area contributed by atoms with Gasteiger partial charge < -0.3 is 4.90 Å². The minimum absolute atomic E-state index is 0.0150. The van der Waals surface area contributed by atoms with Gasteiger partial charge in [-0.3, -0.25) is 9.63 Å². The highest BCUT2D eigenvalue weighted by Crippen LogP contribution is 2.15. The number of rotatable bonds is 5. The van der Waals surface area contributed by atoms with E-state index < -0.39 is 0 Å². The van der Waals surface area contributed by atoms with Gasteiger partial charge in [0.2, 0.25) is 6.41 Å². The number of amides is 1. The normalized spacial score (nSPS) is 22.0. The van der Waals surface area contributed by atoms with Crippen molar-refractivity contribution in [1.29, 1.82) is 0 Å². The summed E-state index contributed by atoms with van der Waals surface area (Å²) >= 11 is 0. The second-order valence-corrected chi connectivity index (χ2v) is 3.73. The zero-order valence-corrected chi connectivity index (χ0v) is 9.35.